The van der Waals surface area contributed by atoms with Crippen molar-refractivity contribution in [3.8, 4) is 6.07 Å². The van der Waals surface area contributed by atoms with Gasteiger partial charge in [-0.1, -0.05) is 19.8 Å². The van der Waals surface area contributed by atoms with Crippen LogP contribution in [0.1, 0.15) is 40.0 Å². The van der Waals surface area contributed by atoms with Crippen molar-refractivity contribution < 1.29 is 0 Å². The van der Waals surface area contributed by atoms with Gasteiger partial charge in [0.2, 0.25) is 0 Å². The van der Waals surface area contributed by atoms with Crippen molar-refractivity contribution in [3.63, 3.8) is 0 Å². The van der Waals surface area contributed by atoms with Gasteiger partial charge in [0.15, 0.2) is 0 Å². The summed E-state index contributed by atoms with van der Waals surface area (Å²) >= 11 is 0. The van der Waals surface area contributed by atoms with Crippen LogP contribution in [0, 0.1) is 11.3 Å². The molecule has 0 aliphatic carbocycles. The van der Waals surface area contributed by atoms with E-state index in [1.165, 1.54) is 19.2 Å². The molecule has 0 saturated carbocycles. The van der Waals surface area contributed by atoms with Crippen molar-refractivity contribution >= 4 is 11.6 Å². The van der Waals surface area contributed by atoms with Crippen LogP contribution in [0.5, 0.6) is 0 Å². The van der Waals surface area contributed by atoms with Crippen molar-refractivity contribution in [1.29, 1.82) is 5.26 Å². The van der Waals surface area contributed by atoms with Crippen LogP contribution in [-0.2, 0) is 0 Å². The fraction of sp³-hybridized carbons (Fsp3) is 0.643. The first kappa shape index (κ1) is 15.2. The van der Waals surface area contributed by atoms with E-state index in [0.717, 1.165) is 18.8 Å². The molecule has 5 heteroatoms. The molecule has 0 fully saturated rings. The fourth-order valence-electron chi connectivity index (χ4n) is 1.69. The van der Waals surface area contributed by atoms with Crippen molar-refractivity contribution in [2.45, 2.75) is 45.6 Å². The third-order valence-corrected chi connectivity index (χ3v) is 2.86. The smallest absolute Gasteiger partial charge is 0.133 e. The molecule has 0 aliphatic rings. The van der Waals surface area contributed by atoms with Gasteiger partial charge in [-0.25, -0.2) is 9.97 Å². The molecule has 0 aliphatic heterocycles. The molecule has 0 radical (unpaired) electrons. The van der Waals surface area contributed by atoms with Crippen LogP contribution < -0.4 is 10.2 Å². The zero-order valence-corrected chi connectivity index (χ0v) is 12.3. The lowest BCUT2D eigenvalue weighted by Gasteiger charge is -2.21. The van der Waals surface area contributed by atoms with Gasteiger partial charge < -0.3 is 10.2 Å². The number of rotatable bonds is 7. The van der Waals surface area contributed by atoms with E-state index in [9.17, 15) is 0 Å². The van der Waals surface area contributed by atoms with Crippen molar-refractivity contribution in [1.82, 2.24) is 9.97 Å². The Morgan fingerprint density at radius 2 is 2.11 bits per heavy atom. The van der Waals surface area contributed by atoms with Crippen LogP contribution in [0.25, 0.3) is 0 Å². The van der Waals surface area contributed by atoms with Crippen molar-refractivity contribution in [2.24, 2.45) is 0 Å². The number of nitrogens with zero attached hydrogens (tertiary/aromatic N) is 4. The van der Waals surface area contributed by atoms with Gasteiger partial charge in [-0.2, -0.15) is 5.26 Å². The number of aromatic nitrogens is 2. The minimum Gasteiger partial charge on any atom is -0.360 e. The molecule has 0 aromatic carbocycles. The zero-order chi connectivity index (χ0) is 14.3. The van der Waals surface area contributed by atoms with E-state index in [4.69, 9.17) is 5.26 Å². The van der Waals surface area contributed by atoms with E-state index < -0.39 is 5.54 Å². The zero-order valence-electron chi connectivity index (χ0n) is 12.3. The Kier molecular flexibility index (Phi) is 5.56. The molecule has 104 valence electrons. The van der Waals surface area contributed by atoms with Crippen LogP contribution in [0.4, 0.5) is 11.6 Å². The van der Waals surface area contributed by atoms with Crippen LogP contribution in [-0.4, -0.2) is 29.1 Å². The summed E-state index contributed by atoms with van der Waals surface area (Å²) in [5, 5.41) is 12.1. The Hall–Kier alpha value is -1.83. The summed E-state index contributed by atoms with van der Waals surface area (Å²) in [6, 6.07) is 4.08. The van der Waals surface area contributed by atoms with E-state index in [2.05, 4.69) is 33.2 Å². The fourth-order valence-corrected chi connectivity index (χ4v) is 1.69. The Bertz CT molecular complexity index is 436. The Labute approximate surface area is 115 Å². The molecule has 0 unspecified atom stereocenters. The Morgan fingerprint density at radius 1 is 1.37 bits per heavy atom. The predicted molar refractivity (Wildman–Crippen MR) is 78.1 cm³/mol. The standard InChI is InChI=1S/C14H23N5/c1-5-6-7-8-19(4)13-9-12(16-11-17-13)18-14(2,3)10-15/h9,11H,5-8H2,1-4H3,(H,16,17,18). The second kappa shape index (κ2) is 6.93. The van der Waals surface area contributed by atoms with Gasteiger partial charge >= 0.3 is 0 Å². The summed E-state index contributed by atoms with van der Waals surface area (Å²) in [5.74, 6) is 1.56. The van der Waals surface area contributed by atoms with Gasteiger partial charge in [0.1, 0.15) is 23.5 Å². The number of hydrogen-bond donors (Lipinski definition) is 1. The molecule has 0 spiro atoms. The monoisotopic (exact) mass is 261 g/mol. The third kappa shape index (κ3) is 5.12. The van der Waals surface area contributed by atoms with Gasteiger partial charge in [0, 0.05) is 19.7 Å². The maximum Gasteiger partial charge on any atom is 0.133 e. The average molecular weight is 261 g/mol. The number of hydrogen-bond acceptors (Lipinski definition) is 5. The van der Waals surface area contributed by atoms with E-state index in [1.807, 2.05) is 27.0 Å². The van der Waals surface area contributed by atoms with Crippen LogP contribution in [0.15, 0.2) is 12.4 Å². The molecule has 0 bridgehead atoms. The maximum absolute atomic E-state index is 9.01. The van der Waals surface area contributed by atoms with Crippen molar-refractivity contribution in [3.05, 3.63) is 12.4 Å². The molecule has 1 aromatic rings. The largest absolute Gasteiger partial charge is 0.360 e. The molecule has 5 nitrogen and oxygen atoms in total. The second-order valence-electron chi connectivity index (χ2n) is 5.25. The third-order valence-electron chi connectivity index (χ3n) is 2.86. The number of unbranched alkanes of at least 4 members (excludes halogenated alkanes) is 2. The van der Waals surface area contributed by atoms with Gasteiger partial charge in [-0.3, -0.25) is 0 Å². The number of nitriles is 1. The lowest BCUT2D eigenvalue weighted by atomic mass is 10.1. The molecule has 19 heavy (non-hydrogen) atoms. The Balaban J connectivity index is 2.69. The molecule has 0 saturated heterocycles. The second-order valence-corrected chi connectivity index (χ2v) is 5.25. The lowest BCUT2D eigenvalue weighted by Crippen LogP contribution is -2.29. The first-order valence-corrected chi connectivity index (χ1v) is 6.71. The minimum absolute atomic E-state index is 0.633. The molecule has 1 rings (SSSR count). The summed E-state index contributed by atoms with van der Waals surface area (Å²) < 4.78 is 0. The lowest BCUT2D eigenvalue weighted by molar-refractivity contribution is 0.699. The molecule has 1 N–H and O–H groups in total. The summed E-state index contributed by atoms with van der Waals surface area (Å²) in [6.07, 6.45) is 5.12. The van der Waals surface area contributed by atoms with Crippen LogP contribution >= 0.6 is 0 Å². The van der Waals surface area contributed by atoms with E-state index in [-0.39, 0.29) is 0 Å². The van der Waals surface area contributed by atoms with Crippen molar-refractivity contribution in [2.75, 3.05) is 23.8 Å². The molecular weight excluding hydrogens is 238 g/mol. The average Bonchev–Trinajstić information content (AvgIpc) is 2.39. The van der Waals surface area contributed by atoms with Crippen LogP contribution in [0.3, 0.4) is 0 Å². The molecule has 0 amide bonds. The number of anilines is 2. The summed E-state index contributed by atoms with van der Waals surface area (Å²) in [6.45, 7) is 6.81. The molecule has 1 aromatic heterocycles. The molecule has 0 atom stereocenters. The highest BCUT2D eigenvalue weighted by Gasteiger charge is 2.17. The summed E-state index contributed by atoms with van der Waals surface area (Å²) in [5.41, 5.74) is -0.633. The normalized spacial score (nSPS) is 10.9. The van der Waals surface area contributed by atoms with E-state index >= 15 is 0 Å². The molecule has 1 heterocycles. The Morgan fingerprint density at radius 3 is 2.74 bits per heavy atom. The van der Waals surface area contributed by atoms with Gasteiger partial charge in [-0.15, -0.1) is 0 Å². The van der Waals surface area contributed by atoms with E-state index in [0.29, 0.717) is 5.82 Å². The van der Waals surface area contributed by atoms with Gasteiger partial charge in [0.05, 0.1) is 6.07 Å². The predicted octanol–water partition coefficient (Wildman–Crippen LogP) is 2.82. The van der Waals surface area contributed by atoms with Gasteiger partial charge in [-0.05, 0) is 20.3 Å². The SMILES string of the molecule is CCCCCN(C)c1cc(NC(C)(C)C#N)ncn1. The summed E-state index contributed by atoms with van der Waals surface area (Å²) in [4.78, 5) is 10.5. The highest BCUT2D eigenvalue weighted by atomic mass is 15.2. The van der Waals surface area contributed by atoms with Crippen LogP contribution in [0.2, 0.25) is 0 Å². The first-order chi connectivity index (χ1) is 8.98. The minimum atomic E-state index is -0.633. The first-order valence-electron chi connectivity index (χ1n) is 6.71. The highest BCUT2D eigenvalue weighted by molar-refractivity contribution is 5.49. The summed E-state index contributed by atoms with van der Waals surface area (Å²) in [7, 11) is 2.03. The highest BCUT2D eigenvalue weighted by Crippen LogP contribution is 2.16. The topological polar surface area (TPSA) is 64.8 Å². The number of nitrogens with one attached hydrogen (secondary N) is 1. The van der Waals surface area contributed by atoms with Gasteiger partial charge in [0.25, 0.3) is 0 Å². The quantitative estimate of drug-likeness (QED) is 0.765. The molecular formula is C14H23N5. The maximum atomic E-state index is 9.01. The van der Waals surface area contributed by atoms with E-state index in [1.54, 1.807) is 0 Å².